The molecule has 0 aliphatic carbocycles. The quantitative estimate of drug-likeness (QED) is 0.629. The van der Waals surface area contributed by atoms with Crippen LogP contribution in [0.3, 0.4) is 0 Å². The van der Waals surface area contributed by atoms with Gasteiger partial charge in [-0.3, -0.25) is 14.9 Å². The molecule has 1 aliphatic heterocycles. The van der Waals surface area contributed by atoms with E-state index in [1.54, 1.807) is 23.1 Å². The molecule has 0 spiro atoms. The Morgan fingerprint density at radius 2 is 1.85 bits per heavy atom. The zero-order valence-corrected chi connectivity index (χ0v) is 15.5. The average Bonchev–Trinajstić information content (AvgIpc) is 2.64. The summed E-state index contributed by atoms with van der Waals surface area (Å²) in [6.07, 6.45) is 1.47. The molecule has 1 aliphatic rings. The van der Waals surface area contributed by atoms with Crippen molar-refractivity contribution >= 4 is 35.0 Å². The fourth-order valence-electron chi connectivity index (χ4n) is 2.79. The first kappa shape index (κ1) is 18.7. The molecule has 2 N–H and O–H groups in total. The van der Waals surface area contributed by atoms with Crippen LogP contribution in [-0.2, 0) is 0 Å². The lowest BCUT2D eigenvalue weighted by Gasteiger charge is -2.30. The van der Waals surface area contributed by atoms with Crippen LogP contribution in [0.5, 0.6) is 0 Å². The molecule has 2 aromatic carbocycles. The SMILES string of the molecule is NC1CCN(C(=O)c2cc([N+](=O)[O-])ccc2Sc2ccc(Cl)cc2)CC1. The van der Waals surface area contributed by atoms with Crippen LogP contribution >= 0.6 is 23.4 Å². The molecule has 1 amide bonds. The van der Waals surface area contributed by atoms with E-state index in [0.29, 0.717) is 28.6 Å². The summed E-state index contributed by atoms with van der Waals surface area (Å²) in [6.45, 7) is 1.13. The number of piperidine rings is 1. The Morgan fingerprint density at radius 1 is 1.19 bits per heavy atom. The highest BCUT2D eigenvalue weighted by Gasteiger charge is 2.25. The van der Waals surface area contributed by atoms with Gasteiger partial charge in [-0.05, 0) is 43.2 Å². The molecule has 0 radical (unpaired) electrons. The molecule has 0 atom stereocenters. The molecule has 0 aromatic heterocycles. The van der Waals surface area contributed by atoms with E-state index in [0.717, 1.165) is 17.7 Å². The molecular weight excluding hydrogens is 374 g/mol. The van der Waals surface area contributed by atoms with Gasteiger partial charge in [-0.25, -0.2) is 0 Å². The number of halogens is 1. The summed E-state index contributed by atoms with van der Waals surface area (Å²) in [5.41, 5.74) is 6.15. The number of hydrogen-bond donors (Lipinski definition) is 1. The molecule has 2 aromatic rings. The van der Waals surface area contributed by atoms with Crippen LogP contribution in [0.1, 0.15) is 23.2 Å². The van der Waals surface area contributed by atoms with Crippen LogP contribution in [0.2, 0.25) is 5.02 Å². The fourth-order valence-corrected chi connectivity index (χ4v) is 3.83. The summed E-state index contributed by atoms with van der Waals surface area (Å²) in [5, 5.41) is 11.8. The Labute approximate surface area is 160 Å². The Kier molecular flexibility index (Phi) is 5.80. The van der Waals surface area contributed by atoms with Gasteiger partial charge in [0.25, 0.3) is 11.6 Å². The molecule has 8 heteroatoms. The molecule has 136 valence electrons. The number of nitro benzene ring substituents is 1. The summed E-state index contributed by atoms with van der Waals surface area (Å²) < 4.78 is 0. The number of rotatable bonds is 4. The van der Waals surface area contributed by atoms with Crippen molar-refractivity contribution in [2.75, 3.05) is 13.1 Å². The zero-order valence-electron chi connectivity index (χ0n) is 13.9. The second-order valence-corrected chi connectivity index (χ2v) is 7.67. The van der Waals surface area contributed by atoms with Crippen LogP contribution in [0.25, 0.3) is 0 Å². The van der Waals surface area contributed by atoms with E-state index < -0.39 is 4.92 Å². The third-order valence-electron chi connectivity index (χ3n) is 4.27. The second-order valence-electron chi connectivity index (χ2n) is 6.12. The van der Waals surface area contributed by atoms with Crippen molar-refractivity contribution in [3.8, 4) is 0 Å². The number of carbonyl (C=O) groups is 1. The third kappa shape index (κ3) is 4.35. The Bertz CT molecular complexity index is 821. The van der Waals surface area contributed by atoms with E-state index in [1.807, 2.05) is 12.1 Å². The number of nitro groups is 1. The Hall–Kier alpha value is -2.09. The van der Waals surface area contributed by atoms with E-state index in [1.165, 1.54) is 23.9 Å². The minimum atomic E-state index is -0.486. The maximum Gasteiger partial charge on any atom is 0.270 e. The van der Waals surface area contributed by atoms with Crippen LogP contribution in [0.15, 0.2) is 52.3 Å². The van der Waals surface area contributed by atoms with Crippen molar-refractivity contribution in [2.24, 2.45) is 5.73 Å². The van der Waals surface area contributed by atoms with Crippen LogP contribution in [0, 0.1) is 10.1 Å². The van der Waals surface area contributed by atoms with Crippen molar-refractivity contribution in [1.29, 1.82) is 0 Å². The molecule has 0 saturated carbocycles. The van der Waals surface area contributed by atoms with Crippen molar-refractivity contribution in [3.63, 3.8) is 0 Å². The predicted octanol–water partition coefficient (Wildman–Crippen LogP) is 3.96. The number of benzene rings is 2. The first-order valence-electron chi connectivity index (χ1n) is 8.21. The van der Waals surface area contributed by atoms with Crippen molar-refractivity contribution in [3.05, 3.63) is 63.2 Å². The number of hydrogen-bond acceptors (Lipinski definition) is 5. The largest absolute Gasteiger partial charge is 0.338 e. The zero-order chi connectivity index (χ0) is 18.7. The van der Waals surface area contributed by atoms with Crippen molar-refractivity contribution < 1.29 is 9.72 Å². The van der Waals surface area contributed by atoms with E-state index >= 15 is 0 Å². The monoisotopic (exact) mass is 391 g/mol. The lowest BCUT2D eigenvalue weighted by atomic mass is 10.0. The molecule has 0 bridgehead atoms. The van der Waals surface area contributed by atoms with Gasteiger partial charge in [0.2, 0.25) is 0 Å². The number of amides is 1. The lowest BCUT2D eigenvalue weighted by Crippen LogP contribution is -2.43. The van der Waals surface area contributed by atoms with E-state index in [4.69, 9.17) is 17.3 Å². The number of likely N-dealkylation sites (tertiary alicyclic amines) is 1. The van der Waals surface area contributed by atoms with Crippen LogP contribution < -0.4 is 5.73 Å². The molecule has 6 nitrogen and oxygen atoms in total. The van der Waals surface area contributed by atoms with Gasteiger partial charge < -0.3 is 10.6 Å². The maximum atomic E-state index is 13.0. The Morgan fingerprint density at radius 3 is 2.46 bits per heavy atom. The van der Waals surface area contributed by atoms with Gasteiger partial charge in [0, 0.05) is 46.1 Å². The first-order valence-corrected chi connectivity index (χ1v) is 9.40. The van der Waals surface area contributed by atoms with E-state index in [2.05, 4.69) is 0 Å². The van der Waals surface area contributed by atoms with Gasteiger partial charge in [-0.2, -0.15) is 0 Å². The smallest absolute Gasteiger partial charge is 0.270 e. The highest BCUT2D eigenvalue weighted by atomic mass is 35.5. The first-order chi connectivity index (χ1) is 12.4. The minimum absolute atomic E-state index is 0.0949. The number of non-ortho nitro benzene ring substituents is 1. The summed E-state index contributed by atoms with van der Waals surface area (Å²) in [5.74, 6) is -0.197. The van der Waals surface area contributed by atoms with Gasteiger partial charge in [0.15, 0.2) is 0 Å². The summed E-state index contributed by atoms with van der Waals surface area (Å²) >= 11 is 7.29. The second kappa shape index (κ2) is 8.07. The summed E-state index contributed by atoms with van der Waals surface area (Å²) in [7, 11) is 0. The van der Waals surface area contributed by atoms with E-state index in [9.17, 15) is 14.9 Å². The Balaban J connectivity index is 1.92. The number of nitrogens with zero attached hydrogens (tertiary/aromatic N) is 2. The number of carbonyl (C=O) groups excluding carboxylic acids is 1. The van der Waals surface area contributed by atoms with Gasteiger partial charge in [-0.1, -0.05) is 23.4 Å². The van der Waals surface area contributed by atoms with Gasteiger partial charge in [0.1, 0.15) is 0 Å². The maximum absolute atomic E-state index is 13.0. The van der Waals surface area contributed by atoms with Crippen LogP contribution in [-0.4, -0.2) is 34.9 Å². The molecule has 1 saturated heterocycles. The van der Waals surface area contributed by atoms with Gasteiger partial charge in [-0.15, -0.1) is 0 Å². The third-order valence-corrected chi connectivity index (χ3v) is 5.61. The normalized spacial score (nSPS) is 15.1. The van der Waals surface area contributed by atoms with Crippen molar-refractivity contribution in [2.45, 2.75) is 28.7 Å². The molecule has 3 rings (SSSR count). The lowest BCUT2D eigenvalue weighted by molar-refractivity contribution is -0.384. The average molecular weight is 392 g/mol. The highest BCUT2D eigenvalue weighted by Crippen LogP contribution is 2.34. The summed E-state index contributed by atoms with van der Waals surface area (Å²) in [6, 6.07) is 11.7. The van der Waals surface area contributed by atoms with Gasteiger partial charge >= 0.3 is 0 Å². The molecule has 1 fully saturated rings. The minimum Gasteiger partial charge on any atom is -0.338 e. The topological polar surface area (TPSA) is 89.5 Å². The fraction of sp³-hybridized carbons (Fsp3) is 0.278. The summed E-state index contributed by atoms with van der Waals surface area (Å²) in [4.78, 5) is 26.9. The van der Waals surface area contributed by atoms with E-state index in [-0.39, 0.29) is 17.6 Å². The predicted molar refractivity (Wildman–Crippen MR) is 102 cm³/mol. The molecule has 1 heterocycles. The highest BCUT2D eigenvalue weighted by molar-refractivity contribution is 7.99. The van der Waals surface area contributed by atoms with Crippen LogP contribution in [0.4, 0.5) is 5.69 Å². The molecule has 26 heavy (non-hydrogen) atoms. The van der Waals surface area contributed by atoms with Gasteiger partial charge in [0.05, 0.1) is 10.5 Å². The molecule has 0 unspecified atom stereocenters. The van der Waals surface area contributed by atoms with Crippen molar-refractivity contribution in [1.82, 2.24) is 4.90 Å². The standard InChI is InChI=1S/C18H18ClN3O3S/c19-12-1-4-15(5-2-12)26-17-6-3-14(22(24)25)11-16(17)18(23)21-9-7-13(20)8-10-21/h1-6,11,13H,7-10,20H2. The molecular formula is C18H18ClN3O3S. The number of nitrogens with two attached hydrogens (primary N) is 1.